The largest absolute Gasteiger partial charge is 0.436 e. The molecular formula is C32H34N2O6S. The van der Waals surface area contributed by atoms with E-state index >= 15 is 0 Å². The van der Waals surface area contributed by atoms with Gasteiger partial charge in [0.1, 0.15) is 5.69 Å². The van der Waals surface area contributed by atoms with Gasteiger partial charge >= 0.3 is 0 Å². The molecule has 1 aliphatic rings. The van der Waals surface area contributed by atoms with Crippen molar-refractivity contribution in [3.63, 3.8) is 0 Å². The Kier molecular flexibility index (Phi) is 8.53. The average molecular weight is 575 g/mol. The van der Waals surface area contributed by atoms with E-state index in [0.29, 0.717) is 49.0 Å². The molecule has 2 unspecified atom stereocenters. The first-order valence-electron chi connectivity index (χ1n) is 13.5. The third-order valence-electron chi connectivity index (χ3n) is 7.06. The molecule has 1 fully saturated rings. The van der Waals surface area contributed by atoms with Gasteiger partial charge in [0.05, 0.1) is 35.9 Å². The zero-order chi connectivity index (χ0) is 29.0. The Labute approximate surface area is 240 Å². The Morgan fingerprint density at radius 2 is 1.71 bits per heavy atom. The number of nitrogens with two attached hydrogens (primary N) is 1. The average Bonchev–Trinajstić information content (AvgIpc) is 3.37. The minimum absolute atomic E-state index is 0.00613. The zero-order valence-electron chi connectivity index (χ0n) is 23.1. The van der Waals surface area contributed by atoms with Crippen molar-refractivity contribution in [2.24, 2.45) is 5.14 Å². The molecule has 214 valence electrons. The second kappa shape index (κ2) is 12.1. The summed E-state index contributed by atoms with van der Waals surface area (Å²) in [5, 5.41) is 16.5. The van der Waals surface area contributed by atoms with Gasteiger partial charge in [-0.2, -0.15) is 0 Å². The van der Waals surface area contributed by atoms with Crippen LogP contribution in [0.1, 0.15) is 43.7 Å². The normalized spacial score (nSPS) is 21.4. The Morgan fingerprint density at radius 3 is 2.39 bits per heavy atom. The molecule has 8 nitrogen and oxygen atoms in total. The number of benzene rings is 3. The second-order valence-electron chi connectivity index (χ2n) is 10.5. The van der Waals surface area contributed by atoms with Crippen LogP contribution in [-0.4, -0.2) is 37.3 Å². The molecule has 3 N–H and O–H groups in total. The Hall–Kier alpha value is -3.60. The van der Waals surface area contributed by atoms with Gasteiger partial charge in [-0.1, -0.05) is 60.7 Å². The number of nitrogens with zero attached hydrogens (tertiary/aromatic N) is 1. The van der Waals surface area contributed by atoms with Crippen LogP contribution in [0.25, 0.3) is 28.7 Å². The summed E-state index contributed by atoms with van der Waals surface area (Å²) in [6.07, 6.45) is 4.68. The fourth-order valence-corrected chi connectivity index (χ4v) is 5.81. The third-order valence-corrected chi connectivity index (χ3v) is 7.99. The number of sulfonamides is 1. The lowest BCUT2D eigenvalue weighted by Crippen LogP contribution is -2.41. The molecule has 0 aliphatic carbocycles. The van der Waals surface area contributed by atoms with E-state index in [-0.39, 0.29) is 17.1 Å². The smallest absolute Gasteiger partial charge is 0.238 e. The monoisotopic (exact) mass is 574 g/mol. The molecule has 1 saturated heterocycles. The van der Waals surface area contributed by atoms with Gasteiger partial charge in [0.25, 0.3) is 0 Å². The Balaban J connectivity index is 1.27. The summed E-state index contributed by atoms with van der Waals surface area (Å²) in [7, 11) is -3.80. The number of aromatic nitrogens is 1. The summed E-state index contributed by atoms with van der Waals surface area (Å²) in [6.45, 7) is 4.70. The number of ether oxygens (including phenoxy) is 2. The molecule has 0 radical (unpaired) electrons. The molecule has 2 atom stereocenters. The maximum Gasteiger partial charge on any atom is 0.238 e. The first kappa shape index (κ1) is 28.9. The van der Waals surface area contributed by atoms with Crippen LogP contribution in [0.4, 0.5) is 0 Å². The zero-order valence-corrected chi connectivity index (χ0v) is 23.9. The van der Waals surface area contributed by atoms with Gasteiger partial charge in [0.2, 0.25) is 15.9 Å². The van der Waals surface area contributed by atoms with Gasteiger partial charge in [-0.05, 0) is 55.3 Å². The highest BCUT2D eigenvalue weighted by Crippen LogP contribution is 2.38. The van der Waals surface area contributed by atoms with E-state index in [0.717, 1.165) is 16.7 Å². The predicted octanol–water partition coefficient (Wildman–Crippen LogP) is 5.66. The summed E-state index contributed by atoms with van der Waals surface area (Å²) in [6, 6.07) is 23.7. The van der Waals surface area contributed by atoms with Gasteiger partial charge in [-0.15, -0.1) is 0 Å². The van der Waals surface area contributed by atoms with Gasteiger partial charge < -0.3 is 19.0 Å². The highest BCUT2D eigenvalue weighted by atomic mass is 32.2. The molecule has 0 amide bonds. The van der Waals surface area contributed by atoms with Crippen LogP contribution in [0.3, 0.4) is 0 Å². The molecule has 4 aromatic rings. The predicted molar refractivity (Wildman–Crippen MR) is 157 cm³/mol. The quantitative estimate of drug-likeness (QED) is 0.247. The molecule has 1 aromatic heterocycles. The fourth-order valence-electron chi connectivity index (χ4n) is 5.30. The molecule has 1 aliphatic heterocycles. The summed E-state index contributed by atoms with van der Waals surface area (Å²) >= 11 is 0. The van der Waals surface area contributed by atoms with E-state index < -0.39 is 15.6 Å². The highest BCUT2D eigenvalue weighted by molar-refractivity contribution is 7.89. The van der Waals surface area contributed by atoms with Crippen molar-refractivity contribution in [1.82, 2.24) is 4.98 Å². The van der Waals surface area contributed by atoms with Crippen molar-refractivity contribution < 1.29 is 27.4 Å². The van der Waals surface area contributed by atoms with Crippen LogP contribution in [0.2, 0.25) is 0 Å². The first-order chi connectivity index (χ1) is 19.6. The SMILES string of the molecule is CC1CC(O)(c2cccc(COC/C=C/c3nc(-c4ccccc4)c(-c4ccc(S(N)(=O)=O)cc4)o3)c2)CC(C)O1. The molecule has 0 saturated carbocycles. The highest BCUT2D eigenvalue weighted by Gasteiger charge is 2.38. The summed E-state index contributed by atoms with van der Waals surface area (Å²) in [5.41, 5.74) is 3.13. The summed E-state index contributed by atoms with van der Waals surface area (Å²) < 4.78 is 41.1. The van der Waals surface area contributed by atoms with Gasteiger partial charge in [-0.25, -0.2) is 18.5 Å². The lowest BCUT2D eigenvalue weighted by atomic mass is 9.81. The van der Waals surface area contributed by atoms with Crippen LogP contribution in [0.15, 0.2) is 94.3 Å². The minimum atomic E-state index is -3.80. The van der Waals surface area contributed by atoms with E-state index in [1.54, 1.807) is 18.2 Å². The van der Waals surface area contributed by atoms with Gasteiger partial charge in [0.15, 0.2) is 5.76 Å². The van der Waals surface area contributed by atoms with Crippen LogP contribution in [0, 0.1) is 0 Å². The summed E-state index contributed by atoms with van der Waals surface area (Å²) in [5.74, 6) is 0.911. The number of oxazole rings is 1. The van der Waals surface area contributed by atoms with Crippen molar-refractivity contribution in [3.05, 3.63) is 102 Å². The first-order valence-corrected chi connectivity index (χ1v) is 15.1. The number of rotatable bonds is 9. The van der Waals surface area contributed by atoms with Crippen LogP contribution in [0.5, 0.6) is 0 Å². The van der Waals surface area contributed by atoms with Gasteiger partial charge in [-0.3, -0.25) is 0 Å². The van der Waals surface area contributed by atoms with E-state index in [1.165, 1.54) is 12.1 Å². The van der Waals surface area contributed by atoms with Crippen LogP contribution >= 0.6 is 0 Å². The standard InChI is InChI=1S/C32H34N2O6S/c1-22-19-32(35,20-23(2)39-22)27-11-6-8-24(18-27)21-38-17-7-12-29-34-30(25-9-4-3-5-10-25)31(40-29)26-13-15-28(16-14-26)41(33,36)37/h3-16,18,22-23,35H,17,19-21H2,1-2H3,(H2,33,36,37)/b12-7+. The molecular weight excluding hydrogens is 540 g/mol. The van der Waals surface area contributed by atoms with Gasteiger partial charge in [0, 0.05) is 24.0 Å². The van der Waals surface area contributed by atoms with Crippen LogP contribution < -0.4 is 5.14 Å². The lowest BCUT2D eigenvalue weighted by Gasteiger charge is -2.39. The number of aliphatic hydroxyl groups is 1. The second-order valence-corrected chi connectivity index (χ2v) is 12.0. The van der Waals surface area contributed by atoms with E-state index in [9.17, 15) is 13.5 Å². The lowest BCUT2D eigenvalue weighted by molar-refractivity contribution is -0.135. The van der Waals surface area contributed by atoms with Crippen molar-refractivity contribution >= 4 is 16.1 Å². The molecule has 9 heteroatoms. The Morgan fingerprint density at radius 1 is 1.00 bits per heavy atom. The van der Waals surface area contributed by atoms with E-state index in [1.807, 2.05) is 74.5 Å². The molecule has 2 heterocycles. The number of hydrogen-bond acceptors (Lipinski definition) is 7. The van der Waals surface area contributed by atoms with Crippen LogP contribution in [-0.2, 0) is 31.7 Å². The van der Waals surface area contributed by atoms with E-state index in [4.69, 9.17) is 19.0 Å². The van der Waals surface area contributed by atoms with Crippen molar-refractivity contribution in [2.75, 3.05) is 6.61 Å². The molecule has 5 rings (SSSR count). The molecule has 3 aromatic carbocycles. The fraction of sp³-hybridized carbons (Fsp3) is 0.281. The minimum Gasteiger partial charge on any atom is -0.436 e. The molecule has 0 bridgehead atoms. The van der Waals surface area contributed by atoms with E-state index in [2.05, 4.69) is 4.98 Å². The number of hydrogen-bond donors (Lipinski definition) is 2. The molecule has 0 spiro atoms. The maximum atomic E-state index is 11.7. The maximum absolute atomic E-state index is 11.7. The third kappa shape index (κ3) is 7.01. The molecule has 41 heavy (non-hydrogen) atoms. The van der Waals surface area contributed by atoms with Crippen molar-refractivity contribution in [1.29, 1.82) is 0 Å². The van der Waals surface area contributed by atoms with Crippen molar-refractivity contribution in [2.45, 2.75) is 56.0 Å². The van der Waals surface area contributed by atoms with Crippen molar-refractivity contribution in [3.8, 4) is 22.6 Å². The Bertz CT molecular complexity index is 1600. The summed E-state index contributed by atoms with van der Waals surface area (Å²) in [4.78, 5) is 4.70. The number of primary sulfonamides is 1. The topological polar surface area (TPSA) is 125 Å².